The first-order valence-corrected chi connectivity index (χ1v) is 11.3. The first-order chi connectivity index (χ1) is 14.4. The van der Waals surface area contributed by atoms with Crippen LogP contribution in [0.2, 0.25) is 0 Å². The predicted octanol–water partition coefficient (Wildman–Crippen LogP) is 2.94. The molecule has 9 heteroatoms. The van der Waals surface area contributed by atoms with Gasteiger partial charge in [0.05, 0.1) is 18.0 Å². The number of hydrogen-bond donors (Lipinski definition) is 0. The van der Waals surface area contributed by atoms with E-state index in [1.807, 2.05) is 30.3 Å². The number of benzene rings is 2. The number of nitrogens with zero attached hydrogens (tertiary/aromatic N) is 4. The van der Waals surface area contributed by atoms with Crippen molar-refractivity contribution >= 4 is 21.6 Å². The normalized spacial score (nSPS) is 15.7. The predicted molar refractivity (Wildman–Crippen MR) is 112 cm³/mol. The van der Waals surface area contributed by atoms with E-state index in [0.29, 0.717) is 35.9 Å². The number of sulfonamides is 1. The lowest BCUT2D eigenvalue weighted by atomic mass is 10.1. The number of hydrogen-bond acceptors (Lipinski definition) is 6. The summed E-state index contributed by atoms with van der Waals surface area (Å²) in [5, 5.41) is 3.97. The van der Waals surface area contributed by atoms with Crippen molar-refractivity contribution in [1.29, 1.82) is 0 Å². The topological polar surface area (TPSA) is 96.6 Å². The summed E-state index contributed by atoms with van der Waals surface area (Å²) in [6.45, 7) is 0.574. The summed E-state index contributed by atoms with van der Waals surface area (Å²) in [5.41, 5.74) is 1.74. The van der Waals surface area contributed by atoms with Crippen LogP contribution in [0.1, 0.15) is 29.1 Å². The smallest absolute Gasteiger partial charge is 0.254 e. The first-order valence-electron chi connectivity index (χ1n) is 9.68. The molecule has 0 radical (unpaired) electrons. The molecule has 0 atom stereocenters. The molecule has 30 heavy (non-hydrogen) atoms. The van der Waals surface area contributed by atoms with Crippen molar-refractivity contribution in [3.05, 3.63) is 66.1 Å². The minimum absolute atomic E-state index is 0.131. The lowest BCUT2D eigenvalue weighted by molar-refractivity contribution is 0.0769. The molecule has 1 aromatic heterocycles. The molecule has 0 unspecified atom stereocenters. The van der Waals surface area contributed by atoms with Crippen molar-refractivity contribution in [2.24, 2.45) is 0 Å². The maximum absolute atomic E-state index is 12.9. The Morgan fingerprint density at radius 2 is 1.93 bits per heavy atom. The van der Waals surface area contributed by atoms with Gasteiger partial charge in [0.15, 0.2) is 0 Å². The van der Waals surface area contributed by atoms with Gasteiger partial charge < -0.3 is 9.42 Å². The van der Waals surface area contributed by atoms with Crippen molar-refractivity contribution < 1.29 is 17.7 Å². The van der Waals surface area contributed by atoms with E-state index in [9.17, 15) is 13.2 Å². The Hall–Kier alpha value is -3.20. The molecule has 1 fully saturated rings. The fourth-order valence-corrected chi connectivity index (χ4v) is 5.02. The van der Waals surface area contributed by atoms with Crippen LogP contribution >= 0.6 is 0 Å². The molecule has 0 spiro atoms. The van der Waals surface area contributed by atoms with Crippen molar-refractivity contribution in [3.63, 3.8) is 0 Å². The van der Waals surface area contributed by atoms with E-state index in [-0.39, 0.29) is 18.2 Å². The Kier molecular flexibility index (Phi) is 5.54. The average molecular weight is 426 g/mol. The highest BCUT2D eigenvalue weighted by Gasteiger charge is 2.27. The molecule has 0 saturated carbocycles. The minimum Gasteiger partial charge on any atom is -0.337 e. The number of carbonyl (C=O) groups is 1. The van der Waals surface area contributed by atoms with Crippen molar-refractivity contribution in [2.45, 2.75) is 19.4 Å². The third-order valence-electron chi connectivity index (χ3n) is 4.95. The molecule has 4 rings (SSSR count). The zero-order chi connectivity index (χ0) is 21.1. The standard InChI is InChI=1S/C21H22N4O4S/c1-24(15-19-22-20(23-29-19)16-8-3-2-4-9-16)21(26)17-10-7-11-18(14-17)25-12-5-6-13-30(25,27)28/h2-4,7-11,14H,5-6,12-13,15H2,1H3. The second-order valence-electron chi connectivity index (χ2n) is 7.18. The van der Waals surface area contributed by atoms with Crippen LogP contribution in [0.25, 0.3) is 11.4 Å². The average Bonchev–Trinajstić information content (AvgIpc) is 3.22. The molecule has 3 aromatic rings. The Morgan fingerprint density at radius 3 is 2.70 bits per heavy atom. The molecular weight excluding hydrogens is 404 g/mol. The molecule has 0 aliphatic carbocycles. The summed E-state index contributed by atoms with van der Waals surface area (Å²) >= 11 is 0. The highest BCUT2D eigenvalue weighted by atomic mass is 32.2. The Labute approximate surface area is 175 Å². The third kappa shape index (κ3) is 4.20. The van der Waals surface area contributed by atoms with Crippen LogP contribution < -0.4 is 4.31 Å². The van der Waals surface area contributed by atoms with Gasteiger partial charge in [-0.2, -0.15) is 4.98 Å². The quantitative estimate of drug-likeness (QED) is 0.622. The molecular formula is C21H22N4O4S. The molecule has 0 N–H and O–H groups in total. The summed E-state index contributed by atoms with van der Waals surface area (Å²) in [5.74, 6) is 0.653. The fraction of sp³-hybridized carbons (Fsp3) is 0.286. The Bertz CT molecular complexity index is 1140. The van der Waals surface area contributed by atoms with Gasteiger partial charge in [0.25, 0.3) is 5.91 Å². The Morgan fingerprint density at radius 1 is 1.13 bits per heavy atom. The zero-order valence-electron chi connectivity index (χ0n) is 16.6. The SMILES string of the molecule is CN(Cc1nc(-c2ccccc2)no1)C(=O)c1cccc(N2CCCCS2(=O)=O)c1. The molecule has 8 nitrogen and oxygen atoms in total. The number of aromatic nitrogens is 2. The van der Waals surface area contributed by atoms with Crippen LogP contribution in [0.5, 0.6) is 0 Å². The highest BCUT2D eigenvalue weighted by molar-refractivity contribution is 7.92. The van der Waals surface area contributed by atoms with E-state index in [1.54, 1.807) is 31.3 Å². The fourth-order valence-electron chi connectivity index (χ4n) is 3.39. The summed E-state index contributed by atoms with van der Waals surface area (Å²) in [4.78, 5) is 18.7. The summed E-state index contributed by atoms with van der Waals surface area (Å²) in [6, 6.07) is 16.1. The monoisotopic (exact) mass is 426 g/mol. The lowest BCUT2D eigenvalue weighted by Crippen LogP contribution is -2.38. The van der Waals surface area contributed by atoms with Gasteiger partial charge in [0, 0.05) is 24.7 Å². The van der Waals surface area contributed by atoms with E-state index in [1.165, 1.54) is 9.21 Å². The zero-order valence-corrected chi connectivity index (χ0v) is 17.4. The van der Waals surface area contributed by atoms with Crippen molar-refractivity contribution in [1.82, 2.24) is 15.0 Å². The van der Waals surface area contributed by atoms with Gasteiger partial charge in [-0.05, 0) is 31.0 Å². The molecule has 2 aromatic carbocycles. The van der Waals surface area contributed by atoms with Gasteiger partial charge >= 0.3 is 0 Å². The molecule has 1 saturated heterocycles. The van der Waals surface area contributed by atoms with Gasteiger partial charge in [-0.25, -0.2) is 8.42 Å². The van der Waals surface area contributed by atoms with Crippen LogP contribution in [-0.4, -0.2) is 48.7 Å². The van der Waals surface area contributed by atoms with E-state index >= 15 is 0 Å². The maximum atomic E-state index is 12.9. The van der Waals surface area contributed by atoms with Crippen molar-refractivity contribution in [3.8, 4) is 11.4 Å². The van der Waals surface area contributed by atoms with Gasteiger partial charge in [-0.3, -0.25) is 9.10 Å². The number of rotatable bonds is 5. The lowest BCUT2D eigenvalue weighted by Gasteiger charge is -2.28. The second kappa shape index (κ2) is 8.27. The van der Waals surface area contributed by atoms with Crippen molar-refractivity contribution in [2.75, 3.05) is 23.7 Å². The molecule has 2 heterocycles. The first kappa shape index (κ1) is 20.1. The van der Waals surface area contributed by atoms with E-state index in [0.717, 1.165) is 12.0 Å². The summed E-state index contributed by atoms with van der Waals surface area (Å²) in [6.07, 6.45) is 1.47. The largest absolute Gasteiger partial charge is 0.337 e. The van der Waals surface area contributed by atoms with Gasteiger partial charge in [0.2, 0.25) is 21.7 Å². The van der Waals surface area contributed by atoms with Crippen LogP contribution in [0, 0.1) is 0 Å². The van der Waals surface area contributed by atoms with Gasteiger partial charge in [0.1, 0.15) is 0 Å². The van der Waals surface area contributed by atoms with Gasteiger partial charge in [-0.1, -0.05) is 41.6 Å². The molecule has 156 valence electrons. The second-order valence-corrected chi connectivity index (χ2v) is 9.20. The van der Waals surface area contributed by atoms with Crippen LogP contribution in [0.4, 0.5) is 5.69 Å². The van der Waals surface area contributed by atoms with Crippen LogP contribution in [-0.2, 0) is 16.6 Å². The number of anilines is 1. The molecule has 1 amide bonds. The number of amides is 1. The molecule has 0 bridgehead atoms. The maximum Gasteiger partial charge on any atom is 0.254 e. The summed E-state index contributed by atoms with van der Waals surface area (Å²) in [7, 11) is -1.70. The highest BCUT2D eigenvalue weighted by Crippen LogP contribution is 2.25. The molecule has 1 aliphatic rings. The van der Waals surface area contributed by atoms with Crippen LogP contribution in [0.3, 0.4) is 0 Å². The Balaban J connectivity index is 1.49. The van der Waals surface area contributed by atoms with E-state index in [4.69, 9.17) is 4.52 Å². The minimum atomic E-state index is -3.34. The molecule has 1 aliphatic heterocycles. The van der Waals surface area contributed by atoms with E-state index < -0.39 is 10.0 Å². The van der Waals surface area contributed by atoms with E-state index in [2.05, 4.69) is 10.1 Å². The van der Waals surface area contributed by atoms with Gasteiger partial charge in [-0.15, -0.1) is 0 Å². The third-order valence-corrected chi connectivity index (χ3v) is 6.82. The number of carbonyl (C=O) groups excluding carboxylic acids is 1. The van der Waals surface area contributed by atoms with Crippen LogP contribution in [0.15, 0.2) is 59.1 Å². The summed E-state index contributed by atoms with van der Waals surface area (Å²) < 4.78 is 31.4.